The third-order valence-electron chi connectivity index (χ3n) is 1.37. The number of hydrogen-bond donors (Lipinski definition) is 1. The second kappa shape index (κ2) is 5.70. The molecule has 15 heavy (non-hydrogen) atoms. The molecule has 7 heteroatoms. The Morgan fingerprint density at radius 3 is 3.13 bits per heavy atom. The summed E-state index contributed by atoms with van der Waals surface area (Å²) in [4.78, 5) is 10.3. The van der Waals surface area contributed by atoms with Crippen LogP contribution in [0.1, 0.15) is 12.1 Å². The number of rotatable bonds is 2. The largest absolute Gasteiger partial charge is 0.381 e. The van der Waals surface area contributed by atoms with E-state index >= 15 is 0 Å². The molecular weight excluding hydrogens is 216 g/mol. The molecule has 0 spiro atoms. The van der Waals surface area contributed by atoms with Gasteiger partial charge in [-0.1, -0.05) is 22.6 Å². The molecular formula is C8H7ClN6. The predicted octanol–water partition coefficient (Wildman–Crippen LogP) is 1.76. The summed E-state index contributed by atoms with van der Waals surface area (Å²) >= 11 is 5.64. The lowest BCUT2D eigenvalue weighted by Gasteiger charge is -1.94. The van der Waals surface area contributed by atoms with Crippen molar-refractivity contribution in [1.82, 2.24) is 9.97 Å². The van der Waals surface area contributed by atoms with Gasteiger partial charge in [0.15, 0.2) is 11.0 Å². The van der Waals surface area contributed by atoms with Crippen LogP contribution in [0.5, 0.6) is 0 Å². The van der Waals surface area contributed by atoms with E-state index < -0.39 is 0 Å². The molecule has 2 N–H and O–H groups in total. The molecule has 0 atom stereocenters. The molecule has 1 aromatic rings. The minimum absolute atomic E-state index is 0.136. The Balaban J connectivity index is 2.64. The summed E-state index contributed by atoms with van der Waals surface area (Å²) < 4.78 is 0. The first-order valence-electron chi connectivity index (χ1n) is 4.02. The van der Waals surface area contributed by atoms with E-state index in [4.69, 9.17) is 22.9 Å². The van der Waals surface area contributed by atoms with Gasteiger partial charge in [-0.25, -0.2) is 9.97 Å². The summed E-state index contributed by atoms with van der Waals surface area (Å²) in [5.74, 6) is 5.67. The molecule has 0 radical (unpaired) electrons. The first kappa shape index (κ1) is 11.1. The summed E-state index contributed by atoms with van der Waals surface area (Å²) in [7, 11) is 0. The van der Waals surface area contributed by atoms with Gasteiger partial charge < -0.3 is 5.73 Å². The van der Waals surface area contributed by atoms with E-state index in [1.54, 1.807) is 0 Å². The molecule has 0 aromatic carbocycles. The standard InChI is InChI=1S/C8H7ClN6/c9-7-8(10)12-5-6(14-7)3-1-2-4-13-15-11/h5H,2,4H2,(H2,10,12). The highest BCUT2D eigenvalue weighted by atomic mass is 35.5. The fraction of sp³-hybridized carbons (Fsp3) is 0.250. The molecule has 0 saturated carbocycles. The van der Waals surface area contributed by atoms with Gasteiger partial charge in [-0.2, -0.15) is 0 Å². The molecule has 1 rings (SSSR count). The Hall–Kier alpha value is -1.96. The zero-order chi connectivity index (χ0) is 11.1. The third kappa shape index (κ3) is 3.73. The summed E-state index contributed by atoms with van der Waals surface area (Å²) in [5, 5.41) is 3.47. The number of nitrogens with two attached hydrogens (primary N) is 1. The van der Waals surface area contributed by atoms with Crippen molar-refractivity contribution in [2.75, 3.05) is 12.3 Å². The first-order valence-corrected chi connectivity index (χ1v) is 4.39. The van der Waals surface area contributed by atoms with Crippen LogP contribution >= 0.6 is 11.6 Å². The minimum atomic E-state index is 0.136. The van der Waals surface area contributed by atoms with E-state index in [0.717, 1.165) is 0 Å². The number of azide groups is 1. The molecule has 1 heterocycles. The van der Waals surface area contributed by atoms with E-state index in [0.29, 0.717) is 18.7 Å². The van der Waals surface area contributed by atoms with Gasteiger partial charge in [0.05, 0.1) is 6.20 Å². The Kier molecular flexibility index (Phi) is 4.23. The van der Waals surface area contributed by atoms with Crippen molar-refractivity contribution in [2.24, 2.45) is 5.11 Å². The smallest absolute Gasteiger partial charge is 0.172 e. The van der Waals surface area contributed by atoms with Crippen LogP contribution in [0.15, 0.2) is 11.3 Å². The second-order valence-corrected chi connectivity index (χ2v) is 2.80. The van der Waals surface area contributed by atoms with Gasteiger partial charge in [0.2, 0.25) is 0 Å². The van der Waals surface area contributed by atoms with Gasteiger partial charge in [0.1, 0.15) is 5.69 Å². The minimum Gasteiger partial charge on any atom is -0.381 e. The zero-order valence-electron chi connectivity index (χ0n) is 7.68. The Labute approximate surface area is 91.1 Å². The van der Waals surface area contributed by atoms with Crippen LogP contribution in [0.2, 0.25) is 5.15 Å². The summed E-state index contributed by atoms with van der Waals surface area (Å²) in [6.07, 6.45) is 1.90. The Morgan fingerprint density at radius 2 is 2.47 bits per heavy atom. The topological polar surface area (TPSA) is 101 Å². The van der Waals surface area contributed by atoms with Crippen molar-refractivity contribution in [3.8, 4) is 11.8 Å². The monoisotopic (exact) mass is 222 g/mol. The molecule has 0 saturated heterocycles. The number of aromatic nitrogens is 2. The lowest BCUT2D eigenvalue weighted by Crippen LogP contribution is -1.95. The molecule has 0 aliphatic rings. The van der Waals surface area contributed by atoms with Gasteiger partial charge in [0.25, 0.3) is 0 Å². The van der Waals surface area contributed by atoms with Gasteiger partial charge in [-0.15, -0.1) is 0 Å². The van der Waals surface area contributed by atoms with Crippen LogP contribution in [0.25, 0.3) is 10.4 Å². The molecule has 0 bridgehead atoms. The van der Waals surface area contributed by atoms with Crippen LogP contribution < -0.4 is 5.73 Å². The molecule has 1 aromatic heterocycles. The van der Waals surface area contributed by atoms with Crippen LogP contribution in [0.4, 0.5) is 5.82 Å². The molecule has 76 valence electrons. The summed E-state index contributed by atoms with van der Waals surface area (Å²) in [6.45, 7) is 0.333. The number of anilines is 1. The fourth-order valence-corrected chi connectivity index (χ4v) is 0.880. The molecule has 0 aliphatic heterocycles. The molecule has 0 amide bonds. The van der Waals surface area contributed by atoms with Crippen molar-refractivity contribution < 1.29 is 0 Å². The number of hydrogen-bond acceptors (Lipinski definition) is 4. The Morgan fingerprint density at radius 1 is 1.67 bits per heavy atom. The zero-order valence-corrected chi connectivity index (χ0v) is 8.44. The maximum Gasteiger partial charge on any atom is 0.172 e. The number of halogens is 1. The van der Waals surface area contributed by atoms with Crippen LogP contribution in [0.3, 0.4) is 0 Å². The van der Waals surface area contributed by atoms with Gasteiger partial charge in [-0.3, -0.25) is 0 Å². The van der Waals surface area contributed by atoms with Crippen molar-refractivity contribution >= 4 is 17.4 Å². The maximum atomic E-state index is 8.01. The van der Waals surface area contributed by atoms with Crippen molar-refractivity contribution in [1.29, 1.82) is 0 Å². The average Bonchev–Trinajstić information content (AvgIpc) is 2.23. The predicted molar refractivity (Wildman–Crippen MR) is 57.0 cm³/mol. The highest BCUT2D eigenvalue weighted by Crippen LogP contribution is 2.11. The fourth-order valence-electron chi connectivity index (χ4n) is 0.740. The molecule has 0 fully saturated rings. The number of nitrogens with zero attached hydrogens (tertiary/aromatic N) is 5. The van der Waals surface area contributed by atoms with Crippen LogP contribution in [0, 0.1) is 11.8 Å². The molecule has 6 nitrogen and oxygen atoms in total. The van der Waals surface area contributed by atoms with Crippen molar-refractivity contribution in [3.63, 3.8) is 0 Å². The highest BCUT2D eigenvalue weighted by Gasteiger charge is 1.98. The lowest BCUT2D eigenvalue weighted by atomic mass is 10.4. The summed E-state index contributed by atoms with van der Waals surface area (Å²) in [5.41, 5.74) is 13.8. The Bertz CT molecular complexity index is 454. The maximum absolute atomic E-state index is 8.01. The van der Waals surface area contributed by atoms with Crippen molar-refractivity contribution in [2.45, 2.75) is 6.42 Å². The van der Waals surface area contributed by atoms with E-state index in [9.17, 15) is 0 Å². The average molecular weight is 223 g/mol. The van der Waals surface area contributed by atoms with Gasteiger partial charge >= 0.3 is 0 Å². The van der Waals surface area contributed by atoms with E-state index in [-0.39, 0.29) is 11.0 Å². The van der Waals surface area contributed by atoms with Crippen molar-refractivity contribution in [3.05, 3.63) is 27.5 Å². The second-order valence-electron chi connectivity index (χ2n) is 2.44. The lowest BCUT2D eigenvalue weighted by molar-refractivity contribution is 1.01. The molecule has 0 aliphatic carbocycles. The third-order valence-corrected chi connectivity index (χ3v) is 1.65. The van der Waals surface area contributed by atoms with Crippen LogP contribution in [-0.4, -0.2) is 16.5 Å². The van der Waals surface area contributed by atoms with Gasteiger partial charge in [0, 0.05) is 17.9 Å². The van der Waals surface area contributed by atoms with E-state index in [1.807, 2.05) is 0 Å². The van der Waals surface area contributed by atoms with E-state index in [1.165, 1.54) is 6.20 Å². The van der Waals surface area contributed by atoms with Gasteiger partial charge in [-0.05, 0) is 11.5 Å². The highest BCUT2D eigenvalue weighted by molar-refractivity contribution is 6.31. The van der Waals surface area contributed by atoms with Crippen LogP contribution in [-0.2, 0) is 0 Å². The first-order chi connectivity index (χ1) is 7.24. The quantitative estimate of drug-likeness (QED) is 0.271. The summed E-state index contributed by atoms with van der Waals surface area (Å²) in [6, 6.07) is 0. The number of nitrogen functional groups attached to an aromatic ring is 1. The van der Waals surface area contributed by atoms with E-state index in [2.05, 4.69) is 31.8 Å². The normalized spacial score (nSPS) is 8.60. The molecule has 0 unspecified atom stereocenters. The SMILES string of the molecule is [N-]=[N+]=NCCC#Cc1cnc(N)c(Cl)n1.